The Balaban J connectivity index is 1.47. The molecule has 1 nitrogen and oxygen atoms in total. The van der Waals surface area contributed by atoms with E-state index in [0.29, 0.717) is 11.8 Å². The van der Waals surface area contributed by atoms with Gasteiger partial charge in [0.15, 0.2) is 0 Å². The summed E-state index contributed by atoms with van der Waals surface area (Å²) < 4.78 is 6.84. The normalized spacial score (nSPS) is 36.5. The van der Waals surface area contributed by atoms with Crippen molar-refractivity contribution in [3.8, 4) is 0 Å². The Morgan fingerprint density at radius 1 is 0.970 bits per heavy atom. The van der Waals surface area contributed by atoms with Crippen LogP contribution in [0.15, 0.2) is 100 Å². The van der Waals surface area contributed by atoms with Crippen LogP contribution in [0.1, 0.15) is 56.9 Å². The number of allylic oxidation sites excluding steroid dienone is 10. The van der Waals surface area contributed by atoms with Gasteiger partial charge in [-0.2, -0.15) is 0 Å². The van der Waals surface area contributed by atoms with E-state index in [-0.39, 0.29) is 16.9 Å². The number of rotatable bonds is 2. The number of benzene rings is 1. The van der Waals surface area contributed by atoms with Gasteiger partial charge in [0.25, 0.3) is 0 Å². The number of hydrogen-bond acceptors (Lipinski definition) is 1. The van der Waals surface area contributed by atoms with Gasteiger partial charge < -0.3 is 4.74 Å². The average molecular weight is 455 g/mol. The number of alkyl halides is 1. The molecule has 1 saturated heterocycles. The molecule has 0 bridgehead atoms. The molecule has 1 heterocycles. The van der Waals surface area contributed by atoms with Crippen molar-refractivity contribution in [2.24, 2.45) is 11.8 Å². The minimum Gasteiger partial charge on any atom is -0.485 e. The molecule has 5 atom stereocenters. The number of halogens is 1. The van der Waals surface area contributed by atoms with Crippen LogP contribution in [0.3, 0.4) is 0 Å². The highest BCUT2D eigenvalue weighted by atomic mass is 35.5. The van der Waals surface area contributed by atoms with Crippen molar-refractivity contribution >= 4 is 11.6 Å². The Bertz CT molecular complexity index is 1180. The first-order chi connectivity index (χ1) is 16.3. The third-order valence-electron chi connectivity index (χ3n) is 8.96. The maximum atomic E-state index is 6.84. The third kappa shape index (κ3) is 2.78. The molecule has 0 N–H and O–H groups in total. The average Bonchev–Trinajstić information content (AvgIpc) is 3.38. The SMILES string of the molecule is ClC1C=C2OC3C(C4(c5ccccc5)C5=CC=CCC5C5=C4CCCC5)=CCCC3C2=CC1. The standard InChI is InChI=1S/C31H31ClO/c32-21-17-18-24-25-13-8-16-28(30(25)33-29(24)19-21)31(20-9-2-1-3-10-20)26-14-6-4-11-22(26)23-12-5-7-15-27(23)31/h1-4,6,9-10,14,16,18-19,21-22,25,30H,5,7-8,11-13,15,17H2. The van der Waals surface area contributed by atoms with Gasteiger partial charge in [0.05, 0.1) is 10.8 Å². The Morgan fingerprint density at radius 3 is 2.76 bits per heavy atom. The largest absolute Gasteiger partial charge is 0.485 e. The molecule has 0 aromatic heterocycles. The first-order valence-electron chi connectivity index (χ1n) is 12.9. The van der Waals surface area contributed by atoms with E-state index in [4.69, 9.17) is 16.3 Å². The monoisotopic (exact) mass is 454 g/mol. The Hall–Kier alpha value is -2.25. The lowest BCUT2D eigenvalue weighted by molar-refractivity contribution is 0.142. The summed E-state index contributed by atoms with van der Waals surface area (Å²) >= 11 is 6.51. The van der Waals surface area contributed by atoms with Crippen molar-refractivity contribution in [3.05, 3.63) is 106 Å². The fraction of sp³-hybridized carbons (Fsp3) is 0.419. The lowest BCUT2D eigenvalue weighted by atomic mass is 9.59. The van der Waals surface area contributed by atoms with Gasteiger partial charge in [-0.25, -0.2) is 0 Å². The van der Waals surface area contributed by atoms with E-state index >= 15 is 0 Å². The molecule has 33 heavy (non-hydrogen) atoms. The predicted molar refractivity (Wildman–Crippen MR) is 135 cm³/mol. The minimum absolute atomic E-state index is 0.0501. The van der Waals surface area contributed by atoms with Crippen molar-refractivity contribution in [2.75, 3.05) is 0 Å². The smallest absolute Gasteiger partial charge is 0.128 e. The fourth-order valence-electron chi connectivity index (χ4n) is 7.78. The van der Waals surface area contributed by atoms with Gasteiger partial charge in [-0.3, -0.25) is 0 Å². The summed E-state index contributed by atoms with van der Waals surface area (Å²) in [5.74, 6) is 2.06. The van der Waals surface area contributed by atoms with Crippen molar-refractivity contribution in [1.29, 1.82) is 0 Å². The fourth-order valence-corrected chi connectivity index (χ4v) is 7.98. The summed E-state index contributed by atoms with van der Waals surface area (Å²) in [4.78, 5) is 0. The van der Waals surface area contributed by atoms with Crippen molar-refractivity contribution in [1.82, 2.24) is 0 Å². The lowest BCUT2D eigenvalue weighted by Gasteiger charge is -2.44. The van der Waals surface area contributed by atoms with Crippen molar-refractivity contribution in [3.63, 3.8) is 0 Å². The van der Waals surface area contributed by atoms with E-state index < -0.39 is 0 Å². The molecule has 1 aromatic rings. The molecule has 5 unspecified atom stereocenters. The van der Waals surface area contributed by atoms with Crippen LogP contribution in [0.2, 0.25) is 0 Å². The summed E-state index contributed by atoms with van der Waals surface area (Å²) in [5.41, 5.74) is 9.24. The van der Waals surface area contributed by atoms with Crippen LogP contribution < -0.4 is 0 Å². The van der Waals surface area contributed by atoms with Gasteiger partial charge in [-0.1, -0.05) is 71.9 Å². The molecule has 7 rings (SSSR count). The molecular formula is C31H31ClO. The van der Waals surface area contributed by atoms with Crippen LogP contribution in [0.5, 0.6) is 0 Å². The quantitative estimate of drug-likeness (QED) is 0.326. The van der Waals surface area contributed by atoms with E-state index in [2.05, 4.69) is 66.8 Å². The van der Waals surface area contributed by atoms with Gasteiger partial charge in [0, 0.05) is 11.8 Å². The Labute approximate surface area is 202 Å². The van der Waals surface area contributed by atoms with Crippen LogP contribution >= 0.6 is 11.6 Å². The Morgan fingerprint density at radius 2 is 1.85 bits per heavy atom. The molecule has 2 heteroatoms. The van der Waals surface area contributed by atoms with Crippen LogP contribution in [-0.2, 0) is 10.2 Å². The minimum atomic E-state index is -0.148. The lowest BCUT2D eigenvalue weighted by Crippen LogP contribution is -2.40. The van der Waals surface area contributed by atoms with Crippen LogP contribution in [0.4, 0.5) is 0 Å². The number of ether oxygens (including phenoxy) is 1. The second kappa shape index (κ2) is 7.64. The maximum Gasteiger partial charge on any atom is 0.128 e. The summed E-state index contributed by atoms with van der Waals surface area (Å²) in [6.07, 6.45) is 23.8. The van der Waals surface area contributed by atoms with Crippen LogP contribution in [-0.4, -0.2) is 11.5 Å². The molecule has 6 aliphatic rings. The predicted octanol–water partition coefficient (Wildman–Crippen LogP) is 7.87. The summed E-state index contributed by atoms with van der Waals surface area (Å²) in [5, 5.41) is 0.0501. The molecule has 1 fully saturated rings. The highest BCUT2D eigenvalue weighted by Gasteiger charge is 2.57. The zero-order chi connectivity index (χ0) is 22.0. The van der Waals surface area contributed by atoms with E-state index in [1.54, 1.807) is 16.7 Å². The maximum absolute atomic E-state index is 6.84. The van der Waals surface area contributed by atoms with E-state index in [1.807, 2.05) is 0 Å². The first kappa shape index (κ1) is 20.2. The molecule has 0 saturated carbocycles. The molecule has 0 amide bonds. The van der Waals surface area contributed by atoms with E-state index in [1.165, 1.54) is 48.8 Å². The molecular weight excluding hydrogens is 424 g/mol. The molecule has 5 aliphatic carbocycles. The number of hydrogen-bond donors (Lipinski definition) is 0. The number of fused-ring (bicyclic) bond motifs is 5. The molecule has 168 valence electrons. The molecule has 1 aliphatic heterocycles. The first-order valence-corrected chi connectivity index (χ1v) is 13.3. The van der Waals surface area contributed by atoms with Crippen LogP contribution in [0.25, 0.3) is 0 Å². The van der Waals surface area contributed by atoms with Gasteiger partial charge in [-0.15, -0.1) is 11.6 Å². The van der Waals surface area contributed by atoms with Crippen LogP contribution in [0, 0.1) is 11.8 Å². The highest BCUT2D eigenvalue weighted by Crippen LogP contribution is 2.64. The van der Waals surface area contributed by atoms with Crippen molar-refractivity contribution in [2.45, 2.75) is 68.3 Å². The molecule has 0 radical (unpaired) electrons. The zero-order valence-electron chi connectivity index (χ0n) is 19.1. The summed E-state index contributed by atoms with van der Waals surface area (Å²) in [6.45, 7) is 0. The van der Waals surface area contributed by atoms with Gasteiger partial charge in [0.1, 0.15) is 11.9 Å². The zero-order valence-corrected chi connectivity index (χ0v) is 19.9. The highest BCUT2D eigenvalue weighted by molar-refractivity contribution is 6.22. The van der Waals surface area contributed by atoms with Crippen molar-refractivity contribution < 1.29 is 4.74 Å². The second-order valence-electron chi connectivity index (χ2n) is 10.5. The topological polar surface area (TPSA) is 9.23 Å². The van der Waals surface area contributed by atoms with E-state index in [9.17, 15) is 0 Å². The summed E-state index contributed by atoms with van der Waals surface area (Å²) in [7, 11) is 0. The molecule has 1 aromatic carbocycles. The van der Waals surface area contributed by atoms with Gasteiger partial charge in [-0.05, 0) is 79.7 Å². The van der Waals surface area contributed by atoms with Gasteiger partial charge in [0.2, 0.25) is 0 Å². The van der Waals surface area contributed by atoms with E-state index in [0.717, 1.165) is 25.0 Å². The Kier molecular flexibility index (Phi) is 4.66. The summed E-state index contributed by atoms with van der Waals surface area (Å²) in [6, 6.07) is 11.4. The second-order valence-corrected chi connectivity index (χ2v) is 11.0. The molecule has 0 spiro atoms. The third-order valence-corrected chi connectivity index (χ3v) is 9.27. The van der Waals surface area contributed by atoms with Gasteiger partial charge >= 0.3 is 0 Å².